The molecule has 44 heavy (non-hydrogen) atoms. The number of carbonyl (C=O) groups is 2. The monoisotopic (exact) mass is 648 g/mol. The molecular formula is C34H67NO8P+. The van der Waals surface area contributed by atoms with Crippen LogP contribution >= 0.6 is 7.82 Å². The van der Waals surface area contributed by atoms with E-state index in [-0.39, 0.29) is 32.0 Å². The van der Waals surface area contributed by atoms with Gasteiger partial charge in [-0.1, -0.05) is 103 Å². The molecule has 0 radical (unpaired) electrons. The van der Waals surface area contributed by atoms with Gasteiger partial charge in [-0.25, -0.2) is 4.57 Å². The van der Waals surface area contributed by atoms with Crippen LogP contribution in [0.3, 0.4) is 0 Å². The van der Waals surface area contributed by atoms with Crippen LogP contribution in [0, 0.1) is 0 Å². The minimum Gasteiger partial charge on any atom is -0.462 e. The van der Waals surface area contributed by atoms with E-state index in [4.69, 9.17) is 18.5 Å². The molecule has 0 saturated carbocycles. The van der Waals surface area contributed by atoms with Gasteiger partial charge in [-0.15, -0.1) is 0 Å². The highest BCUT2D eigenvalue weighted by atomic mass is 31.2. The molecule has 0 fully saturated rings. The van der Waals surface area contributed by atoms with Crippen molar-refractivity contribution < 1.29 is 42.1 Å². The molecule has 0 aliphatic carbocycles. The summed E-state index contributed by atoms with van der Waals surface area (Å²) in [5.74, 6) is -0.814. The van der Waals surface area contributed by atoms with E-state index in [0.29, 0.717) is 17.4 Å². The standard InChI is InChI=1S/C34H66NO8P/c1-6-8-10-12-14-16-17-18-19-21-22-24-26-33(36)40-30-32(31-42-44(38,39)41-29-28-35(3,4)5)43-34(37)27-25-23-20-15-13-11-9-7-2/h14,16,32H,6-13,15,17-31H2,1-5H3/p+1/b16-14+/t32-/m0/s1. The summed E-state index contributed by atoms with van der Waals surface area (Å²) in [5, 5.41) is 0. The number of phosphoric ester groups is 1. The lowest BCUT2D eigenvalue weighted by Gasteiger charge is -2.24. The quantitative estimate of drug-likeness (QED) is 0.0262. The summed E-state index contributed by atoms with van der Waals surface area (Å²) in [6.45, 7) is 4.33. The Balaban J connectivity index is 4.47. The van der Waals surface area contributed by atoms with Crippen molar-refractivity contribution in [3.05, 3.63) is 12.2 Å². The van der Waals surface area contributed by atoms with E-state index in [1.54, 1.807) is 0 Å². The fourth-order valence-corrected chi connectivity index (χ4v) is 5.22. The summed E-state index contributed by atoms with van der Waals surface area (Å²) in [6, 6.07) is 0. The van der Waals surface area contributed by atoms with Crippen molar-refractivity contribution >= 4 is 19.8 Å². The number of hydrogen-bond acceptors (Lipinski definition) is 7. The summed E-state index contributed by atoms with van der Waals surface area (Å²) in [4.78, 5) is 34.9. The van der Waals surface area contributed by atoms with E-state index < -0.39 is 26.5 Å². The molecule has 1 N–H and O–H groups in total. The summed E-state index contributed by atoms with van der Waals surface area (Å²) >= 11 is 0. The number of quaternary nitrogens is 1. The molecule has 2 atom stereocenters. The fourth-order valence-electron chi connectivity index (χ4n) is 4.48. The first-order chi connectivity index (χ1) is 21.0. The van der Waals surface area contributed by atoms with E-state index in [0.717, 1.165) is 57.8 Å². The molecule has 260 valence electrons. The zero-order valence-electron chi connectivity index (χ0n) is 28.9. The first-order valence-corrected chi connectivity index (χ1v) is 18.9. The van der Waals surface area contributed by atoms with Gasteiger partial charge < -0.3 is 18.9 Å². The Morgan fingerprint density at radius 3 is 1.73 bits per heavy atom. The van der Waals surface area contributed by atoms with Crippen LogP contribution in [-0.2, 0) is 32.7 Å². The molecule has 0 aromatic heterocycles. The Bertz CT molecular complexity index is 784. The molecule has 0 heterocycles. The lowest BCUT2D eigenvalue weighted by Crippen LogP contribution is -2.37. The minimum absolute atomic E-state index is 0.0326. The maximum absolute atomic E-state index is 12.5. The smallest absolute Gasteiger partial charge is 0.462 e. The number of allylic oxidation sites excluding steroid dienone is 2. The molecule has 10 heteroatoms. The van der Waals surface area contributed by atoms with E-state index in [2.05, 4.69) is 26.0 Å². The fraction of sp³-hybridized carbons (Fsp3) is 0.882. The average molecular weight is 649 g/mol. The van der Waals surface area contributed by atoms with Crippen LogP contribution in [0.15, 0.2) is 12.2 Å². The number of rotatable bonds is 31. The Kier molecular flexibility index (Phi) is 27.2. The van der Waals surface area contributed by atoms with Gasteiger partial charge in [0.05, 0.1) is 27.7 Å². The van der Waals surface area contributed by atoms with Crippen LogP contribution < -0.4 is 0 Å². The van der Waals surface area contributed by atoms with Gasteiger partial charge in [0.2, 0.25) is 0 Å². The first kappa shape index (κ1) is 42.8. The Morgan fingerprint density at radius 1 is 0.682 bits per heavy atom. The summed E-state index contributed by atoms with van der Waals surface area (Å²) in [6.07, 6.45) is 24.1. The maximum atomic E-state index is 12.5. The number of likely N-dealkylation sites (N-methyl/N-ethyl adjacent to an activating group) is 1. The molecule has 0 bridgehead atoms. The van der Waals surface area contributed by atoms with Crippen molar-refractivity contribution in [3.8, 4) is 0 Å². The molecule has 1 unspecified atom stereocenters. The van der Waals surface area contributed by atoms with E-state index in [9.17, 15) is 19.0 Å². The molecule has 0 aliphatic heterocycles. The summed E-state index contributed by atoms with van der Waals surface area (Å²) < 4.78 is 34.0. The van der Waals surface area contributed by atoms with Crippen LogP contribution in [0.4, 0.5) is 0 Å². The van der Waals surface area contributed by atoms with Crippen LogP contribution in [-0.4, -0.2) is 74.9 Å². The average Bonchev–Trinajstić information content (AvgIpc) is 2.95. The van der Waals surface area contributed by atoms with Gasteiger partial charge in [0.25, 0.3) is 0 Å². The number of ether oxygens (including phenoxy) is 2. The van der Waals surface area contributed by atoms with Crippen molar-refractivity contribution in [1.82, 2.24) is 0 Å². The Hall–Kier alpha value is -1.25. The van der Waals surface area contributed by atoms with Crippen molar-refractivity contribution in [2.75, 3.05) is 47.5 Å². The lowest BCUT2D eigenvalue weighted by atomic mass is 10.1. The van der Waals surface area contributed by atoms with Gasteiger partial charge in [-0.2, -0.15) is 0 Å². The Morgan fingerprint density at radius 2 is 1.16 bits per heavy atom. The summed E-state index contributed by atoms with van der Waals surface area (Å²) in [7, 11) is 1.47. The molecule has 0 amide bonds. The van der Waals surface area contributed by atoms with Gasteiger partial charge in [0.1, 0.15) is 19.8 Å². The highest BCUT2D eigenvalue weighted by Gasteiger charge is 2.27. The van der Waals surface area contributed by atoms with Gasteiger partial charge in [0.15, 0.2) is 6.10 Å². The summed E-state index contributed by atoms with van der Waals surface area (Å²) in [5.41, 5.74) is 0. The molecule has 9 nitrogen and oxygen atoms in total. The third-order valence-electron chi connectivity index (χ3n) is 7.30. The predicted molar refractivity (Wildman–Crippen MR) is 178 cm³/mol. The second-order valence-corrected chi connectivity index (χ2v) is 14.4. The van der Waals surface area contributed by atoms with Crippen LogP contribution in [0.5, 0.6) is 0 Å². The molecule has 0 aromatic rings. The van der Waals surface area contributed by atoms with Crippen molar-refractivity contribution in [2.24, 2.45) is 0 Å². The molecular weight excluding hydrogens is 581 g/mol. The topological polar surface area (TPSA) is 108 Å². The molecule has 0 saturated heterocycles. The van der Waals surface area contributed by atoms with Crippen molar-refractivity contribution in [1.29, 1.82) is 0 Å². The molecule has 0 rings (SSSR count). The van der Waals surface area contributed by atoms with Gasteiger partial charge in [0, 0.05) is 12.8 Å². The van der Waals surface area contributed by atoms with E-state index >= 15 is 0 Å². The second-order valence-electron chi connectivity index (χ2n) is 12.9. The van der Waals surface area contributed by atoms with Crippen molar-refractivity contribution in [3.63, 3.8) is 0 Å². The van der Waals surface area contributed by atoms with Gasteiger partial charge >= 0.3 is 19.8 Å². The van der Waals surface area contributed by atoms with E-state index in [1.807, 2.05) is 21.1 Å². The third kappa shape index (κ3) is 30.8. The minimum atomic E-state index is -4.35. The van der Waals surface area contributed by atoms with Crippen LogP contribution in [0.1, 0.15) is 142 Å². The number of carbonyl (C=O) groups excluding carboxylic acids is 2. The SMILES string of the molecule is CCCCC/C=C/CCCCCCCC(=O)OC[C@@H](COP(=O)(O)OCC[N+](C)(C)C)OC(=O)CCCCCCCCCC. The lowest BCUT2D eigenvalue weighted by molar-refractivity contribution is -0.870. The highest BCUT2D eigenvalue weighted by Crippen LogP contribution is 2.43. The molecule has 0 aliphatic rings. The van der Waals surface area contributed by atoms with Gasteiger partial charge in [-0.3, -0.25) is 18.6 Å². The Labute approximate surface area is 269 Å². The predicted octanol–water partition coefficient (Wildman–Crippen LogP) is 8.68. The highest BCUT2D eigenvalue weighted by molar-refractivity contribution is 7.47. The molecule has 0 spiro atoms. The number of hydrogen-bond donors (Lipinski definition) is 1. The van der Waals surface area contributed by atoms with Gasteiger partial charge in [-0.05, 0) is 38.5 Å². The zero-order chi connectivity index (χ0) is 32.9. The van der Waals surface area contributed by atoms with Crippen molar-refractivity contribution in [2.45, 2.75) is 148 Å². The first-order valence-electron chi connectivity index (χ1n) is 17.4. The normalized spacial score (nSPS) is 14.0. The number of esters is 2. The number of nitrogens with zero attached hydrogens (tertiary/aromatic N) is 1. The van der Waals surface area contributed by atoms with E-state index in [1.165, 1.54) is 51.4 Å². The largest absolute Gasteiger partial charge is 0.472 e. The third-order valence-corrected chi connectivity index (χ3v) is 8.28. The zero-order valence-corrected chi connectivity index (χ0v) is 29.8. The maximum Gasteiger partial charge on any atom is 0.472 e. The second kappa shape index (κ2) is 28.0. The van der Waals surface area contributed by atoms with Crippen LogP contribution in [0.2, 0.25) is 0 Å². The molecule has 0 aromatic carbocycles. The number of phosphoric acid groups is 1. The number of unbranched alkanes of at least 4 members (excludes halogenated alkanes) is 15. The van der Waals surface area contributed by atoms with Crippen LogP contribution in [0.25, 0.3) is 0 Å².